The molecule has 3 rings (SSSR count). The van der Waals surface area contributed by atoms with Crippen molar-refractivity contribution in [2.24, 2.45) is 0 Å². The van der Waals surface area contributed by atoms with Crippen LogP contribution < -0.4 is 0 Å². The fourth-order valence-electron chi connectivity index (χ4n) is 1.91. The molecule has 92 valence electrons. The number of pyridine rings is 1. The van der Waals surface area contributed by atoms with Gasteiger partial charge in [-0.15, -0.1) is 0 Å². The highest BCUT2D eigenvalue weighted by atomic mass is 19.1. The summed E-state index contributed by atoms with van der Waals surface area (Å²) in [6.45, 7) is 0. The number of hydrogen-bond donors (Lipinski definition) is 0. The first-order valence-electron chi connectivity index (χ1n) is 5.81. The fourth-order valence-corrected chi connectivity index (χ4v) is 1.91. The van der Waals surface area contributed by atoms with Crippen LogP contribution in [0.2, 0.25) is 0 Å². The van der Waals surface area contributed by atoms with Crippen LogP contribution in [0, 0.1) is 5.82 Å². The van der Waals surface area contributed by atoms with Crippen molar-refractivity contribution in [2.45, 2.75) is 0 Å². The number of halogens is 1. The lowest BCUT2D eigenvalue weighted by molar-refractivity contribution is 0.628. The summed E-state index contributed by atoms with van der Waals surface area (Å²) in [5.74, 6) is -0.258. The van der Waals surface area contributed by atoms with Crippen molar-refractivity contribution in [2.75, 3.05) is 0 Å². The van der Waals surface area contributed by atoms with Crippen molar-refractivity contribution >= 4 is 0 Å². The van der Waals surface area contributed by atoms with E-state index in [0.29, 0.717) is 0 Å². The Labute approximate surface area is 109 Å². The molecule has 0 atom stereocenters. The third kappa shape index (κ3) is 2.33. The highest BCUT2D eigenvalue weighted by molar-refractivity contribution is 5.79. The number of rotatable bonds is 2. The summed E-state index contributed by atoms with van der Waals surface area (Å²) in [6, 6.07) is 10.1. The monoisotopic (exact) mass is 251 g/mol. The van der Waals surface area contributed by atoms with Gasteiger partial charge in [0.1, 0.15) is 12.1 Å². The number of benzene rings is 1. The van der Waals surface area contributed by atoms with Crippen LogP contribution in [0.4, 0.5) is 4.39 Å². The van der Waals surface area contributed by atoms with Crippen molar-refractivity contribution in [3.8, 4) is 22.4 Å². The van der Waals surface area contributed by atoms with E-state index in [4.69, 9.17) is 0 Å². The SMILES string of the molecule is Fc1ccc(-c2cncnc2-c2ccncc2)cc1. The molecule has 0 aliphatic heterocycles. The van der Waals surface area contributed by atoms with Crippen molar-refractivity contribution in [3.63, 3.8) is 0 Å². The average Bonchev–Trinajstić information content (AvgIpc) is 2.49. The topological polar surface area (TPSA) is 38.7 Å². The van der Waals surface area contributed by atoms with Crippen molar-refractivity contribution < 1.29 is 4.39 Å². The van der Waals surface area contributed by atoms with Crippen molar-refractivity contribution in [3.05, 3.63) is 67.1 Å². The van der Waals surface area contributed by atoms with Gasteiger partial charge in [0.25, 0.3) is 0 Å². The van der Waals surface area contributed by atoms with Gasteiger partial charge in [-0.2, -0.15) is 0 Å². The molecule has 0 aliphatic carbocycles. The van der Waals surface area contributed by atoms with E-state index < -0.39 is 0 Å². The molecule has 0 saturated heterocycles. The van der Waals surface area contributed by atoms with Crippen LogP contribution in [-0.4, -0.2) is 15.0 Å². The van der Waals surface area contributed by atoms with Gasteiger partial charge in [-0.25, -0.2) is 14.4 Å². The maximum Gasteiger partial charge on any atom is 0.123 e. The molecule has 0 amide bonds. The Morgan fingerprint density at radius 2 is 1.53 bits per heavy atom. The van der Waals surface area contributed by atoms with Gasteiger partial charge >= 0.3 is 0 Å². The van der Waals surface area contributed by atoms with Gasteiger partial charge in [0, 0.05) is 29.7 Å². The van der Waals surface area contributed by atoms with E-state index in [2.05, 4.69) is 15.0 Å². The Bertz CT molecular complexity index is 681. The Balaban J connectivity index is 2.15. The van der Waals surface area contributed by atoms with Gasteiger partial charge in [0.2, 0.25) is 0 Å². The van der Waals surface area contributed by atoms with E-state index in [1.165, 1.54) is 18.5 Å². The van der Waals surface area contributed by atoms with Crippen LogP contribution in [0.5, 0.6) is 0 Å². The first-order valence-corrected chi connectivity index (χ1v) is 5.81. The van der Waals surface area contributed by atoms with Crippen molar-refractivity contribution in [1.82, 2.24) is 15.0 Å². The molecule has 0 saturated carbocycles. The van der Waals surface area contributed by atoms with Crippen LogP contribution in [-0.2, 0) is 0 Å². The van der Waals surface area contributed by atoms with E-state index in [1.807, 2.05) is 12.1 Å². The van der Waals surface area contributed by atoms with E-state index >= 15 is 0 Å². The Kier molecular flexibility index (Phi) is 2.98. The van der Waals surface area contributed by atoms with Crippen molar-refractivity contribution in [1.29, 1.82) is 0 Å². The lowest BCUT2D eigenvalue weighted by Crippen LogP contribution is -1.91. The number of hydrogen-bond acceptors (Lipinski definition) is 3. The molecule has 3 aromatic rings. The first-order chi connectivity index (χ1) is 9.34. The molecule has 0 unspecified atom stereocenters. The molecular formula is C15H10FN3. The predicted molar refractivity (Wildman–Crippen MR) is 70.7 cm³/mol. The van der Waals surface area contributed by atoms with E-state index in [9.17, 15) is 4.39 Å². The molecule has 0 fully saturated rings. The molecule has 19 heavy (non-hydrogen) atoms. The lowest BCUT2D eigenvalue weighted by atomic mass is 10.0. The van der Waals surface area contributed by atoms with Gasteiger partial charge in [-0.3, -0.25) is 4.98 Å². The highest BCUT2D eigenvalue weighted by Gasteiger charge is 2.08. The van der Waals surface area contributed by atoms with Crippen LogP contribution in [0.15, 0.2) is 61.3 Å². The summed E-state index contributed by atoms with van der Waals surface area (Å²) >= 11 is 0. The summed E-state index contributed by atoms with van der Waals surface area (Å²) in [5.41, 5.74) is 3.52. The standard InChI is InChI=1S/C15H10FN3/c16-13-3-1-11(2-4-13)14-9-18-10-19-15(14)12-5-7-17-8-6-12/h1-10H. The quantitative estimate of drug-likeness (QED) is 0.701. The van der Waals surface area contributed by atoms with Gasteiger partial charge in [-0.1, -0.05) is 12.1 Å². The second-order valence-corrected chi connectivity index (χ2v) is 4.03. The smallest absolute Gasteiger partial charge is 0.123 e. The second kappa shape index (κ2) is 4.94. The van der Waals surface area contributed by atoms with Gasteiger partial charge in [-0.05, 0) is 29.8 Å². The summed E-state index contributed by atoms with van der Waals surface area (Å²) in [6.07, 6.45) is 6.66. The van der Waals surface area contributed by atoms with Gasteiger partial charge < -0.3 is 0 Å². The molecule has 0 aliphatic rings. The molecule has 0 spiro atoms. The van der Waals surface area contributed by atoms with Gasteiger partial charge in [0.15, 0.2) is 0 Å². The zero-order chi connectivity index (χ0) is 13.1. The van der Waals surface area contributed by atoms with Crippen LogP contribution in [0.25, 0.3) is 22.4 Å². The largest absolute Gasteiger partial charge is 0.265 e. The van der Waals surface area contributed by atoms with Crippen LogP contribution in [0.1, 0.15) is 0 Å². The Morgan fingerprint density at radius 3 is 2.26 bits per heavy atom. The molecule has 0 N–H and O–H groups in total. The van der Waals surface area contributed by atoms with E-state index in [0.717, 1.165) is 22.4 Å². The molecule has 0 bridgehead atoms. The summed E-state index contributed by atoms with van der Waals surface area (Å²) < 4.78 is 13.0. The summed E-state index contributed by atoms with van der Waals surface area (Å²) in [5, 5.41) is 0. The average molecular weight is 251 g/mol. The summed E-state index contributed by atoms with van der Waals surface area (Å²) in [4.78, 5) is 12.4. The van der Waals surface area contributed by atoms with Gasteiger partial charge in [0.05, 0.1) is 5.69 Å². The maximum atomic E-state index is 13.0. The lowest BCUT2D eigenvalue weighted by Gasteiger charge is -2.07. The van der Waals surface area contributed by atoms with E-state index in [-0.39, 0.29) is 5.82 Å². The predicted octanol–water partition coefficient (Wildman–Crippen LogP) is 3.34. The molecule has 1 aromatic carbocycles. The fraction of sp³-hybridized carbons (Fsp3) is 0. The molecule has 3 nitrogen and oxygen atoms in total. The Hall–Kier alpha value is -2.62. The first kappa shape index (κ1) is 11.5. The highest BCUT2D eigenvalue weighted by Crippen LogP contribution is 2.28. The zero-order valence-electron chi connectivity index (χ0n) is 9.99. The number of aromatic nitrogens is 3. The minimum Gasteiger partial charge on any atom is -0.265 e. The molecule has 2 aromatic heterocycles. The second-order valence-electron chi connectivity index (χ2n) is 4.03. The van der Waals surface area contributed by atoms with E-state index in [1.54, 1.807) is 30.7 Å². The normalized spacial score (nSPS) is 10.4. The minimum atomic E-state index is -0.258. The molecular weight excluding hydrogens is 241 g/mol. The maximum absolute atomic E-state index is 13.0. The Morgan fingerprint density at radius 1 is 0.789 bits per heavy atom. The minimum absolute atomic E-state index is 0.258. The number of nitrogens with zero attached hydrogens (tertiary/aromatic N) is 3. The zero-order valence-corrected chi connectivity index (χ0v) is 9.99. The summed E-state index contributed by atoms with van der Waals surface area (Å²) in [7, 11) is 0. The molecule has 0 radical (unpaired) electrons. The molecule has 4 heteroatoms. The molecule has 2 heterocycles. The third-order valence-corrected chi connectivity index (χ3v) is 2.82. The van der Waals surface area contributed by atoms with Crippen LogP contribution in [0.3, 0.4) is 0 Å². The van der Waals surface area contributed by atoms with Crippen LogP contribution >= 0.6 is 0 Å². The third-order valence-electron chi connectivity index (χ3n) is 2.82.